The molecule has 1 saturated heterocycles. The summed E-state index contributed by atoms with van der Waals surface area (Å²) in [7, 11) is -2.58. The summed E-state index contributed by atoms with van der Waals surface area (Å²) in [6, 6.07) is 2.03. The molecule has 1 atom stereocenters. The second kappa shape index (κ2) is 5.90. The van der Waals surface area contributed by atoms with Crippen molar-refractivity contribution < 1.29 is 22.7 Å². The number of methoxy groups -OCH3 is 1. The van der Waals surface area contributed by atoms with Crippen molar-refractivity contribution in [1.29, 1.82) is 0 Å². The highest BCUT2D eigenvalue weighted by atomic mass is 32.2. The van der Waals surface area contributed by atoms with Crippen LogP contribution in [0.25, 0.3) is 0 Å². The SMILES string of the molecule is COC(=O)CC1C(=O)NCCN1S(=O)(=O)c1cccs1. The van der Waals surface area contributed by atoms with E-state index in [0.717, 1.165) is 15.6 Å². The van der Waals surface area contributed by atoms with Gasteiger partial charge in [0.05, 0.1) is 13.5 Å². The molecule has 1 aliphatic rings. The monoisotopic (exact) mass is 318 g/mol. The molecule has 1 aromatic heterocycles. The summed E-state index contributed by atoms with van der Waals surface area (Å²) in [6.07, 6.45) is -0.299. The zero-order chi connectivity index (χ0) is 14.8. The van der Waals surface area contributed by atoms with Crippen LogP contribution in [0.5, 0.6) is 0 Å². The number of sulfonamides is 1. The maximum absolute atomic E-state index is 12.5. The minimum absolute atomic E-state index is 0.133. The molecule has 2 heterocycles. The standard InChI is InChI=1S/C11H14N2O5S2/c1-18-9(14)7-8-11(15)12-4-5-13(8)20(16,17)10-3-2-6-19-10/h2-3,6,8H,4-5,7H2,1H3,(H,12,15). The molecule has 1 N–H and O–H groups in total. The second-order valence-electron chi connectivity index (χ2n) is 4.13. The molecular weight excluding hydrogens is 304 g/mol. The van der Waals surface area contributed by atoms with Gasteiger partial charge in [0, 0.05) is 13.1 Å². The van der Waals surface area contributed by atoms with Crippen LogP contribution >= 0.6 is 11.3 Å². The van der Waals surface area contributed by atoms with Gasteiger partial charge >= 0.3 is 5.97 Å². The Bertz CT molecular complexity index is 596. The zero-order valence-corrected chi connectivity index (χ0v) is 12.4. The van der Waals surface area contributed by atoms with E-state index < -0.39 is 27.9 Å². The minimum Gasteiger partial charge on any atom is -0.469 e. The quantitative estimate of drug-likeness (QED) is 0.776. The number of carbonyl (C=O) groups excluding carboxylic acids is 2. The molecule has 1 unspecified atom stereocenters. The number of hydrogen-bond donors (Lipinski definition) is 1. The number of nitrogens with one attached hydrogen (secondary N) is 1. The lowest BCUT2D eigenvalue weighted by molar-refractivity contribution is -0.144. The van der Waals surface area contributed by atoms with Crippen LogP contribution in [0.2, 0.25) is 0 Å². The number of rotatable bonds is 4. The summed E-state index contributed by atoms with van der Waals surface area (Å²) < 4.78 is 30.7. The number of hydrogen-bond acceptors (Lipinski definition) is 6. The first kappa shape index (κ1) is 14.9. The van der Waals surface area contributed by atoms with Gasteiger partial charge in [0.2, 0.25) is 5.91 Å². The molecule has 1 amide bonds. The molecular formula is C11H14N2O5S2. The Kier molecular flexibility index (Phi) is 4.41. The lowest BCUT2D eigenvalue weighted by atomic mass is 10.1. The summed E-state index contributed by atoms with van der Waals surface area (Å²) in [4.78, 5) is 23.2. The fourth-order valence-electron chi connectivity index (χ4n) is 1.94. The smallest absolute Gasteiger partial charge is 0.307 e. The normalized spacial score (nSPS) is 20.4. The topological polar surface area (TPSA) is 92.8 Å². The highest BCUT2D eigenvalue weighted by molar-refractivity contribution is 7.91. The molecule has 1 fully saturated rings. The Morgan fingerprint density at radius 1 is 1.60 bits per heavy atom. The lowest BCUT2D eigenvalue weighted by Gasteiger charge is -2.32. The van der Waals surface area contributed by atoms with E-state index in [-0.39, 0.29) is 23.7 Å². The molecule has 0 aliphatic carbocycles. The molecule has 0 aromatic carbocycles. The number of nitrogens with zero attached hydrogens (tertiary/aromatic N) is 1. The van der Waals surface area contributed by atoms with Gasteiger partial charge in [-0.2, -0.15) is 4.31 Å². The molecule has 20 heavy (non-hydrogen) atoms. The fourth-order valence-corrected chi connectivity index (χ4v) is 4.65. The van der Waals surface area contributed by atoms with E-state index in [1.165, 1.54) is 13.2 Å². The highest BCUT2D eigenvalue weighted by Crippen LogP contribution is 2.25. The third kappa shape index (κ3) is 2.84. The number of ether oxygens (including phenoxy) is 1. The van der Waals surface area contributed by atoms with Crippen LogP contribution in [-0.4, -0.2) is 50.8 Å². The van der Waals surface area contributed by atoms with Crippen molar-refractivity contribution in [3.8, 4) is 0 Å². The molecule has 1 aliphatic heterocycles. The first-order chi connectivity index (χ1) is 9.46. The number of thiophene rings is 1. The molecule has 0 bridgehead atoms. The zero-order valence-electron chi connectivity index (χ0n) is 10.7. The molecule has 0 spiro atoms. The van der Waals surface area contributed by atoms with Crippen molar-refractivity contribution in [2.45, 2.75) is 16.7 Å². The van der Waals surface area contributed by atoms with Gasteiger partial charge in [0.25, 0.3) is 10.0 Å². The van der Waals surface area contributed by atoms with Crippen molar-refractivity contribution >= 4 is 33.2 Å². The van der Waals surface area contributed by atoms with Crippen LogP contribution in [0, 0.1) is 0 Å². The summed E-state index contributed by atoms with van der Waals surface area (Å²) in [5.41, 5.74) is 0. The van der Waals surface area contributed by atoms with Gasteiger partial charge in [-0.05, 0) is 11.4 Å². The van der Waals surface area contributed by atoms with Crippen LogP contribution in [-0.2, 0) is 24.3 Å². The van der Waals surface area contributed by atoms with E-state index in [1.54, 1.807) is 11.4 Å². The molecule has 110 valence electrons. The average Bonchev–Trinajstić information content (AvgIpc) is 2.95. The lowest BCUT2D eigenvalue weighted by Crippen LogP contribution is -2.57. The largest absolute Gasteiger partial charge is 0.469 e. The first-order valence-electron chi connectivity index (χ1n) is 5.86. The predicted octanol–water partition coefficient (Wildman–Crippen LogP) is -0.200. The minimum atomic E-state index is -3.77. The van der Waals surface area contributed by atoms with E-state index in [4.69, 9.17) is 0 Å². The summed E-state index contributed by atoms with van der Waals surface area (Å²) in [5.74, 6) is -1.11. The van der Waals surface area contributed by atoms with Gasteiger partial charge in [-0.1, -0.05) is 6.07 Å². The molecule has 0 saturated carbocycles. The van der Waals surface area contributed by atoms with Gasteiger partial charge in [0.15, 0.2) is 0 Å². The van der Waals surface area contributed by atoms with Gasteiger partial charge in [-0.3, -0.25) is 9.59 Å². The number of carbonyl (C=O) groups is 2. The van der Waals surface area contributed by atoms with Crippen LogP contribution < -0.4 is 5.32 Å². The molecule has 1 aromatic rings. The van der Waals surface area contributed by atoms with Crippen molar-refractivity contribution in [3.05, 3.63) is 17.5 Å². The van der Waals surface area contributed by atoms with Crippen LogP contribution in [0.4, 0.5) is 0 Å². The molecule has 0 radical (unpaired) electrons. The molecule has 7 nitrogen and oxygen atoms in total. The van der Waals surface area contributed by atoms with Crippen LogP contribution in [0.15, 0.2) is 21.7 Å². The maximum atomic E-state index is 12.5. The predicted molar refractivity (Wildman–Crippen MR) is 71.6 cm³/mol. The Labute approximate surface area is 120 Å². The van der Waals surface area contributed by atoms with E-state index in [2.05, 4.69) is 10.1 Å². The van der Waals surface area contributed by atoms with Crippen LogP contribution in [0.1, 0.15) is 6.42 Å². The highest BCUT2D eigenvalue weighted by Gasteiger charge is 2.40. The molecule has 9 heteroatoms. The fraction of sp³-hybridized carbons (Fsp3) is 0.455. The summed E-state index contributed by atoms with van der Waals surface area (Å²) in [5, 5.41) is 4.20. The third-order valence-electron chi connectivity index (χ3n) is 2.93. The average molecular weight is 318 g/mol. The van der Waals surface area contributed by atoms with Gasteiger partial charge < -0.3 is 10.1 Å². The third-order valence-corrected chi connectivity index (χ3v) is 6.21. The number of piperazine rings is 1. The van der Waals surface area contributed by atoms with Gasteiger partial charge in [0.1, 0.15) is 10.3 Å². The van der Waals surface area contributed by atoms with E-state index in [0.29, 0.717) is 0 Å². The summed E-state index contributed by atoms with van der Waals surface area (Å²) in [6.45, 7) is 0.356. The van der Waals surface area contributed by atoms with Gasteiger partial charge in [-0.15, -0.1) is 11.3 Å². The van der Waals surface area contributed by atoms with Crippen LogP contribution in [0.3, 0.4) is 0 Å². The van der Waals surface area contributed by atoms with Crippen molar-refractivity contribution in [3.63, 3.8) is 0 Å². The van der Waals surface area contributed by atoms with Crippen molar-refractivity contribution in [2.75, 3.05) is 20.2 Å². The van der Waals surface area contributed by atoms with Crippen molar-refractivity contribution in [2.24, 2.45) is 0 Å². The first-order valence-corrected chi connectivity index (χ1v) is 8.18. The Morgan fingerprint density at radius 3 is 2.95 bits per heavy atom. The Morgan fingerprint density at radius 2 is 2.35 bits per heavy atom. The maximum Gasteiger partial charge on any atom is 0.307 e. The molecule has 2 rings (SSSR count). The van der Waals surface area contributed by atoms with E-state index in [9.17, 15) is 18.0 Å². The van der Waals surface area contributed by atoms with Gasteiger partial charge in [-0.25, -0.2) is 8.42 Å². The number of esters is 1. The van der Waals surface area contributed by atoms with E-state index in [1.807, 2.05) is 0 Å². The second-order valence-corrected chi connectivity index (χ2v) is 7.20. The Hall–Kier alpha value is -1.45. The summed E-state index contributed by atoms with van der Waals surface area (Å²) >= 11 is 1.07. The number of amides is 1. The van der Waals surface area contributed by atoms with E-state index >= 15 is 0 Å². The van der Waals surface area contributed by atoms with Crippen molar-refractivity contribution in [1.82, 2.24) is 9.62 Å². The Balaban J connectivity index is 2.31.